The van der Waals surface area contributed by atoms with Gasteiger partial charge in [0.2, 0.25) is 0 Å². The molecule has 0 aliphatic rings. The Morgan fingerprint density at radius 2 is 1.92 bits per heavy atom. The number of benzene rings is 1. The van der Waals surface area contributed by atoms with Gasteiger partial charge in [-0.15, -0.1) is 0 Å². The van der Waals surface area contributed by atoms with Crippen molar-refractivity contribution >= 4 is 17.4 Å². The predicted molar refractivity (Wildman–Crippen MR) is 93.3 cm³/mol. The van der Waals surface area contributed by atoms with Crippen molar-refractivity contribution < 1.29 is 18.0 Å². The van der Waals surface area contributed by atoms with Crippen LogP contribution >= 0.6 is 0 Å². The number of carbonyl (C=O) groups excluding carboxylic acids is 1. The summed E-state index contributed by atoms with van der Waals surface area (Å²) in [6.45, 7) is 6.24. The maximum Gasteiger partial charge on any atom is 0.416 e. The van der Waals surface area contributed by atoms with E-state index < -0.39 is 11.7 Å². The quantitative estimate of drug-likeness (QED) is 0.799. The monoisotopic (exact) mass is 366 g/mol. The lowest BCUT2D eigenvalue weighted by atomic mass is 10.1. The Morgan fingerprint density at radius 1 is 1.19 bits per heavy atom. The van der Waals surface area contributed by atoms with Gasteiger partial charge in [-0.3, -0.25) is 4.79 Å². The number of carbonyl (C=O) groups is 1. The minimum atomic E-state index is -4.43. The van der Waals surface area contributed by atoms with E-state index in [-0.39, 0.29) is 23.1 Å². The highest BCUT2D eigenvalue weighted by Gasteiger charge is 2.30. The van der Waals surface area contributed by atoms with Gasteiger partial charge in [-0.2, -0.15) is 13.2 Å². The summed E-state index contributed by atoms with van der Waals surface area (Å²) in [4.78, 5) is 20.4. The molecule has 0 aliphatic heterocycles. The third kappa shape index (κ3) is 5.72. The molecule has 1 aromatic heterocycles. The van der Waals surface area contributed by atoms with E-state index in [1.54, 1.807) is 6.92 Å². The molecule has 2 rings (SSSR count). The predicted octanol–water partition coefficient (Wildman–Crippen LogP) is 4.32. The summed E-state index contributed by atoms with van der Waals surface area (Å²) >= 11 is 0. The average Bonchev–Trinajstić information content (AvgIpc) is 2.53. The molecule has 1 heterocycles. The Morgan fingerprint density at radius 3 is 2.58 bits per heavy atom. The van der Waals surface area contributed by atoms with E-state index in [4.69, 9.17) is 0 Å². The number of aromatic nitrogens is 2. The summed E-state index contributed by atoms with van der Waals surface area (Å²) in [6, 6.07) is 6.19. The molecule has 5 nitrogen and oxygen atoms in total. The Bertz CT molecular complexity index is 775. The zero-order valence-electron chi connectivity index (χ0n) is 14.8. The van der Waals surface area contributed by atoms with Crippen LogP contribution in [0.1, 0.15) is 42.1 Å². The number of nitrogens with zero attached hydrogens (tertiary/aromatic N) is 2. The Hall–Kier alpha value is -2.64. The first-order valence-electron chi connectivity index (χ1n) is 8.23. The molecule has 0 aliphatic carbocycles. The number of anilines is 2. The zero-order chi connectivity index (χ0) is 19.3. The van der Waals surface area contributed by atoms with Crippen LogP contribution in [0.25, 0.3) is 0 Å². The van der Waals surface area contributed by atoms with Gasteiger partial charge in [0, 0.05) is 18.3 Å². The van der Waals surface area contributed by atoms with Crippen molar-refractivity contribution in [1.82, 2.24) is 15.3 Å². The minimum Gasteiger partial charge on any atom is -0.351 e. The molecule has 0 radical (unpaired) electrons. The number of alkyl halides is 3. The normalized spacial score (nSPS) is 11.5. The standard InChI is InChI=1S/C18H21F3N4O/c1-11(2)7-8-22-17(26)15-10-16(24-12(3)23-15)25-14-6-4-5-13(9-14)18(19,20)21/h4-6,9-11H,7-8H2,1-3H3,(H,22,26)(H,23,24,25). The molecule has 140 valence electrons. The molecule has 8 heteroatoms. The fourth-order valence-electron chi connectivity index (χ4n) is 2.23. The number of hydrogen-bond acceptors (Lipinski definition) is 4. The number of hydrogen-bond donors (Lipinski definition) is 2. The van der Waals surface area contributed by atoms with Gasteiger partial charge in [-0.25, -0.2) is 9.97 Å². The number of rotatable bonds is 6. The van der Waals surface area contributed by atoms with E-state index in [0.717, 1.165) is 18.6 Å². The first-order valence-corrected chi connectivity index (χ1v) is 8.23. The van der Waals surface area contributed by atoms with Gasteiger partial charge in [0.15, 0.2) is 0 Å². The van der Waals surface area contributed by atoms with Crippen LogP contribution in [-0.4, -0.2) is 22.4 Å². The second-order valence-corrected chi connectivity index (χ2v) is 6.33. The van der Waals surface area contributed by atoms with Crippen molar-refractivity contribution in [2.24, 2.45) is 5.92 Å². The molecular weight excluding hydrogens is 345 g/mol. The van der Waals surface area contributed by atoms with E-state index in [1.165, 1.54) is 18.2 Å². The van der Waals surface area contributed by atoms with Crippen LogP contribution in [0.3, 0.4) is 0 Å². The van der Waals surface area contributed by atoms with Crippen molar-refractivity contribution in [2.75, 3.05) is 11.9 Å². The molecule has 26 heavy (non-hydrogen) atoms. The molecule has 1 amide bonds. The summed E-state index contributed by atoms with van der Waals surface area (Å²) in [5.41, 5.74) is -0.375. The molecule has 0 saturated heterocycles. The number of nitrogens with one attached hydrogen (secondary N) is 2. The van der Waals surface area contributed by atoms with Gasteiger partial charge in [-0.05, 0) is 37.5 Å². The Balaban J connectivity index is 2.16. The van der Waals surface area contributed by atoms with Crippen LogP contribution in [0.15, 0.2) is 30.3 Å². The molecule has 0 unspecified atom stereocenters. The topological polar surface area (TPSA) is 66.9 Å². The second-order valence-electron chi connectivity index (χ2n) is 6.33. The van der Waals surface area contributed by atoms with Crippen LogP contribution < -0.4 is 10.6 Å². The fraction of sp³-hybridized carbons (Fsp3) is 0.389. The fourth-order valence-corrected chi connectivity index (χ4v) is 2.23. The number of aryl methyl sites for hydroxylation is 1. The van der Waals surface area contributed by atoms with Crippen LogP contribution in [-0.2, 0) is 6.18 Å². The van der Waals surface area contributed by atoms with E-state index in [1.807, 2.05) is 0 Å². The molecule has 0 spiro atoms. The average molecular weight is 366 g/mol. The SMILES string of the molecule is Cc1nc(Nc2cccc(C(F)(F)F)c2)cc(C(=O)NCCC(C)C)n1. The van der Waals surface area contributed by atoms with E-state index in [9.17, 15) is 18.0 Å². The molecule has 0 saturated carbocycles. The Labute approximate surface area is 150 Å². The largest absolute Gasteiger partial charge is 0.416 e. The minimum absolute atomic E-state index is 0.163. The number of halogens is 3. The summed E-state index contributed by atoms with van der Waals surface area (Å²) in [7, 11) is 0. The van der Waals surface area contributed by atoms with Crippen molar-refractivity contribution in [3.8, 4) is 0 Å². The molecule has 0 bridgehead atoms. The zero-order valence-corrected chi connectivity index (χ0v) is 14.8. The highest BCUT2D eigenvalue weighted by atomic mass is 19.4. The summed E-state index contributed by atoms with van der Waals surface area (Å²) in [6.07, 6.45) is -3.59. The van der Waals surface area contributed by atoms with Crippen molar-refractivity contribution in [3.63, 3.8) is 0 Å². The summed E-state index contributed by atoms with van der Waals surface area (Å²) < 4.78 is 38.4. The van der Waals surface area contributed by atoms with E-state index in [0.29, 0.717) is 18.3 Å². The van der Waals surface area contributed by atoms with Gasteiger partial charge in [0.1, 0.15) is 17.3 Å². The van der Waals surface area contributed by atoms with E-state index in [2.05, 4.69) is 34.4 Å². The maximum absolute atomic E-state index is 12.8. The molecule has 1 aromatic carbocycles. The van der Waals surface area contributed by atoms with E-state index >= 15 is 0 Å². The van der Waals surface area contributed by atoms with Crippen LogP contribution in [0.5, 0.6) is 0 Å². The summed E-state index contributed by atoms with van der Waals surface area (Å²) in [5.74, 6) is 0.714. The summed E-state index contributed by atoms with van der Waals surface area (Å²) in [5, 5.41) is 5.57. The maximum atomic E-state index is 12.8. The number of amides is 1. The molecular formula is C18H21F3N4O. The van der Waals surface area contributed by atoms with Crippen molar-refractivity contribution in [1.29, 1.82) is 0 Å². The lowest BCUT2D eigenvalue weighted by Crippen LogP contribution is -2.26. The van der Waals surface area contributed by atoms with Crippen molar-refractivity contribution in [2.45, 2.75) is 33.4 Å². The molecule has 0 fully saturated rings. The lowest BCUT2D eigenvalue weighted by molar-refractivity contribution is -0.137. The highest BCUT2D eigenvalue weighted by molar-refractivity contribution is 5.93. The van der Waals surface area contributed by atoms with Gasteiger partial charge in [0.25, 0.3) is 5.91 Å². The van der Waals surface area contributed by atoms with Crippen LogP contribution in [0.2, 0.25) is 0 Å². The van der Waals surface area contributed by atoms with Crippen molar-refractivity contribution in [3.05, 3.63) is 47.4 Å². The third-order valence-electron chi connectivity index (χ3n) is 3.54. The smallest absolute Gasteiger partial charge is 0.351 e. The second kappa shape index (κ2) is 8.16. The molecule has 2 N–H and O–H groups in total. The third-order valence-corrected chi connectivity index (χ3v) is 3.54. The molecule has 2 aromatic rings. The Kier molecular flexibility index (Phi) is 6.18. The van der Waals surface area contributed by atoms with Gasteiger partial charge >= 0.3 is 6.18 Å². The van der Waals surface area contributed by atoms with Crippen LogP contribution in [0.4, 0.5) is 24.7 Å². The van der Waals surface area contributed by atoms with Gasteiger partial charge in [-0.1, -0.05) is 19.9 Å². The highest BCUT2D eigenvalue weighted by Crippen LogP contribution is 2.31. The lowest BCUT2D eigenvalue weighted by Gasteiger charge is -2.12. The van der Waals surface area contributed by atoms with Gasteiger partial charge in [0.05, 0.1) is 5.56 Å². The first-order chi connectivity index (χ1) is 12.1. The van der Waals surface area contributed by atoms with Gasteiger partial charge < -0.3 is 10.6 Å². The van der Waals surface area contributed by atoms with Crippen LogP contribution in [0, 0.1) is 12.8 Å². The molecule has 0 atom stereocenters. The first kappa shape index (κ1) is 19.7.